The molecule has 3 heteroatoms. The third kappa shape index (κ3) is 2.42. The Morgan fingerprint density at radius 1 is 1.54 bits per heavy atom. The largest absolute Gasteiger partial charge is 0.496 e. The average molecular weight is 184 g/mol. The number of aliphatic hydroxyl groups is 1. The van der Waals surface area contributed by atoms with Gasteiger partial charge in [0, 0.05) is 12.0 Å². The Labute approximate surface area is 77.0 Å². The molecule has 0 spiro atoms. The van der Waals surface area contributed by atoms with E-state index in [9.17, 15) is 4.39 Å². The number of methoxy groups -OCH3 is 1. The van der Waals surface area contributed by atoms with Gasteiger partial charge in [-0.25, -0.2) is 4.39 Å². The SMILES string of the molecule is COc1cccc(F)c1C[C@@H](C)O. The molecule has 72 valence electrons. The van der Waals surface area contributed by atoms with E-state index in [-0.39, 0.29) is 12.2 Å². The van der Waals surface area contributed by atoms with Gasteiger partial charge in [0.15, 0.2) is 0 Å². The van der Waals surface area contributed by atoms with Crippen LogP contribution >= 0.6 is 0 Å². The van der Waals surface area contributed by atoms with Gasteiger partial charge in [-0.1, -0.05) is 6.07 Å². The molecule has 1 rings (SSSR count). The molecule has 1 atom stereocenters. The lowest BCUT2D eigenvalue weighted by atomic mass is 10.1. The summed E-state index contributed by atoms with van der Waals surface area (Å²) in [6.07, 6.45) is -0.290. The molecule has 1 aromatic carbocycles. The van der Waals surface area contributed by atoms with Gasteiger partial charge in [-0.2, -0.15) is 0 Å². The van der Waals surface area contributed by atoms with Gasteiger partial charge in [-0.15, -0.1) is 0 Å². The fourth-order valence-corrected chi connectivity index (χ4v) is 1.22. The molecule has 0 bridgehead atoms. The predicted octanol–water partition coefficient (Wildman–Crippen LogP) is 1.76. The van der Waals surface area contributed by atoms with Crippen molar-refractivity contribution in [3.63, 3.8) is 0 Å². The van der Waals surface area contributed by atoms with Crippen molar-refractivity contribution in [3.05, 3.63) is 29.6 Å². The highest BCUT2D eigenvalue weighted by atomic mass is 19.1. The molecule has 0 fully saturated rings. The van der Waals surface area contributed by atoms with Crippen LogP contribution in [0.25, 0.3) is 0 Å². The van der Waals surface area contributed by atoms with Gasteiger partial charge in [0.1, 0.15) is 11.6 Å². The maximum Gasteiger partial charge on any atom is 0.130 e. The van der Waals surface area contributed by atoms with Crippen LogP contribution in [-0.2, 0) is 6.42 Å². The Morgan fingerprint density at radius 2 is 2.23 bits per heavy atom. The number of ether oxygens (including phenoxy) is 1. The minimum absolute atomic E-state index is 0.274. The summed E-state index contributed by atoms with van der Waals surface area (Å²) in [5, 5.41) is 9.13. The molecule has 0 radical (unpaired) electrons. The molecular formula is C10H13FO2. The molecule has 0 aliphatic carbocycles. The molecule has 0 saturated heterocycles. The van der Waals surface area contributed by atoms with Crippen molar-refractivity contribution in [1.82, 2.24) is 0 Å². The van der Waals surface area contributed by atoms with Gasteiger partial charge in [-0.05, 0) is 19.1 Å². The van der Waals surface area contributed by atoms with Crippen molar-refractivity contribution < 1.29 is 14.2 Å². The number of halogens is 1. The lowest BCUT2D eigenvalue weighted by Gasteiger charge is -2.10. The third-order valence-electron chi connectivity index (χ3n) is 1.80. The third-order valence-corrected chi connectivity index (χ3v) is 1.80. The lowest BCUT2D eigenvalue weighted by Crippen LogP contribution is -2.07. The summed E-state index contributed by atoms with van der Waals surface area (Å²) in [5.74, 6) is 0.154. The predicted molar refractivity (Wildman–Crippen MR) is 48.3 cm³/mol. The maximum atomic E-state index is 13.2. The van der Waals surface area contributed by atoms with Crippen molar-refractivity contribution in [2.45, 2.75) is 19.4 Å². The second kappa shape index (κ2) is 4.23. The topological polar surface area (TPSA) is 29.5 Å². The van der Waals surface area contributed by atoms with E-state index in [0.717, 1.165) is 0 Å². The van der Waals surface area contributed by atoms with Crippen LogP contribution in [0.3, 0.4) is 0 Å². The highest BCUT2D eigenvalue weighted by Crippen LogP contribution is 2.22. The summed E-state index contributed by atoms with van der Waals surface area (Å²) < 4.78 is 18.2. The summed E-state index contributed by atoms with van der Waals surface area (Å²) in [7, 11) is 1.49. The molecular weight excluding hydrogens is 171 g/mol. The van der Waals surface area contributed by atoms with E-state index in [2.05, 4.69) is 0 Å². The molecule has 1 N–H and O–H groups in total. The highest BCUT2D eigenvalue weighted by molar-refractivity contribution is 5.34. The normalized spacial score (nSPS) is 12.6. The Hall–Kier alpha value is -1.09. The smallest absolute Gasteiger partial charge is 0.130 e. The van der Waals surface area contributed by atoms with E-state index < -0.39 is 6.10 Å². The molecule has 2 nitrogen and oxygen atoms in total. The lowest BCUT2D eigenvalue weighted by molar-refractivity contribution is 0.192. The van der Waals surface area contributed by atoms with Crippen molar-refractivity contribution in [2.75, 3.05) is 7.11 Å². The Morgan fingerprint density at radius 3 is 2.77 bits per heavy atom. The molecule has 1 aromatic rings. The second-order valence-electron chi connectivity index (χ2n) is 2.97. The first-order valence-corrected chi connectivity index (χ1v) is 4.14. The van der Waals surface area contributed by atoms with Crippen molar-refractivity contribution in [3.8, 4) is 5.75 Å². The number of rotatable bonds is 3. The van der Waals surface area contributed by atoms with Gasteiger partial charge in [0.25, 0.3) is 0 Å². The fraction of sp³-hybridized carbons (Fsp3) is 0.400. The van der Waals surface area contributed by atoms with E-state index in [4.69, 9.17) is 9.84 Å². The molecule has 0 aliphatic heterocycles. The van der Waals surface area contributed by atoms with Crippen LogP contribution in [0.5, 0.6) is 5.75 Å². The van der Waals surface area contributed by atoms with Gasteiger partial charge >= 0.3 is 0 Å². The van der Waals surface area contributed by atoms with E-state index in [1.54, 1.807) is 19.1 Å². The van der Waals surface area contributed by atoms with Crippen LogP contribution in [0, 0.1) is 5.82 Å². The molecule has 0 amide bonds. The van der Waals surface area contributed by atoms with Crippen LogP contribution in [0.4, 0.5) is 4.39 Å². The van der Waals surface area contributed by atoms with Crippen LogP contribution < -0.4 is 4.74 Å². The Kier molecular flexibility index (Phi) is 3.25. The molecule has 0 heterocycles. The minimum atomic E-state index is -0.564. The fourth-order valence-electron chi connectivity index (χ4n) is 1.22. The number of aliphatic hydroxyl groups excluding tert-OH is 1. The van der Waals surface area contributed by atoms with Gasteiger partial charge < -0.3 is 9.84 Å². The van der Waals surface area contributed by atoms with Crippen molar-refractivity contribution >= 4 is 0 Å². The summed E-state index contributed by atoms with van der Waals surface area (Å²) >= 11 is 0. The van der Waals surface area contributed by atoms with Gasteiger partial charge in [0.2, 0.25) is 0 Å². The summed E-state index contributed by atoms with van der Waals surface area (Å²) in [6.45, 7) is 1.62. The molecule has 0 saturated carbocycles. The Bertz CT molecular complexity index is 284. The zero-order valence-electron chi connectivity index (χ0n) is 7.75. The zero-order chi connectivity index (χ0) is 9.84. The first-order chi connectivity index (χ1) is 6.15. The number of hydrogen-bond acceptors (Lipinski definition) is 2. The van der Waals surface area contributed by atoms with E-state index in [0.29, 0.717) is 11.3 Å². The molecule has 0 aromatic heterocycles. The first-order valence-electron chi connectivity index (χ1n) is 4.14. The van der Waals surface area contributed by atoms with Gasteiger partial charge in [0.05, 0.1) is 13.2 Å². The molecule has 0 aliphatic rings. The molecule has 13 heavy (non-hydrogen) atoms. The first kappa shape index (κ1) is 9.99. The second-order valence-corrected chi connectivity index (χ2v) is 2.97. The average Bonchev–Trinajstić information content (AvgIpc) is 2.08. The van der Waals surface area contributed by atoms with Crippen LogP contribution in [0.2, 0.25) is 0 Å². The minimum Gasteiger partial charge on any atom is -0.496 e. The monoisotopic (exact) mass is 184 g/mol. The van der Waals surface area contributed by atoms with E-state index in [1.807, 2.05) is 0 Å². The summed E-state index contributed by atoms with van der Waals surface area (Å²) in [5.41, 5.74) is 0.431. The summed E-state index contributed by atoms with van der Waals surface area (Å²) in [4.78, 5) is 0. The standard InChI is InChI=1S/C10H13FO2/c1-7(12)6-8-9(11)4-3-5-10(8)13-2/h3-5,7,12H,6H2,1-2H3/t7-/m1/s1. The van der Waals surface area contributed by atoms with E-state index in [1.165, 1.54) is 13.2 Å². The van der Waals surface area contributed by atoms with Crippen molar-refractivity contribution in [2.24, 2.45) is 0 Å². The summed E-state index contributed by atoms with van der Waals surface area (Å²) in [6, 6.07) is 4.63. The zero-order valence-corrected chi connectivity index (χ0v) is 7.75. The highest BCUT2D eigenvalue weighted by Gasteiger charge is 2.10. The Balaban J connectivity index is 3.00. The van der Waals surface area contributed by atoms with Crippen LogP contribution in [-0.4, -0.2) is 18.3 Å². The quantitative estimate of drug-likeness (QED) is 0.775. The number of benzene rings is 1. The maximum absolute atomic E-state index is 13.2. The van der Waals surface area contributed by atoms with E-state index >= 15 is 0 Å². The van der Waals surface area contributed by atoms with Crippen LogP contribution in [0.1, 0.15) is 12.5 Å². The van der Waals surface area contributed by atoms with Gasteiger partial charge in [-0.3, -0.25) is 0 Å². The molecule has 0 unspecified atom stereocenters. The van der Waals surface area contributed by atoms with Crippen LogP contribution in [0.15, 0.2) is 18.2 Å². The van der Waals surface area contributed by atoms with Crippen molar-refractivity contribution in [1.29, 1.82) is 0 Å². The number of hydrogen-bond donors (Lipinski definition) is 1.